The number of H-pyrrole nitrogens is 1. The Balaban J connectivity index is 1.92. The third kappa shape index (κ3) is 3.67. The molecule has 0 aromatic carbocycles. The lowest BCUT2D eigenvalue weighted by molar-refractivity contribution is 0.0615. The minimum Gasteiger partial charge on any atom is -0.371 e. The fourth-order valence-electron chi connectivity index (χ4n) is 1.78. The van der Waals surface area contributed by atoms with Gasteiger partial charge >= 0.3 is 0 Å². The number of rotatable bonds is 4. The molecule has 2 heterocycles. The van der Waals surface area contributed by atoms with Crippen LogP contribution in [0.15, 0.2) is 0 Å². The molecule has 0 spiro atoms. The van der Waals surface area contributed by atoms with Crippen molar-refractivity contribution in [2.75, 3.05) is 31.1 Å². The number of ether oxygens (including phenoxy) is 1. The number of aromatic amines is 1. The standard InChI is InChI=1S/C11H21N5O/c1-9(2)17-8-10-13-11(15-14-10)16-6-3-4-12-5-7-16/h9,12H,3-8H2,1-2H3,(H,13,14,15). The molecule has 1 aromatic heterocycles. The van der Waals surface area contributed by atoms with Crippen LogP contribution in [-0.2, 0) is 11.3 Å². The maximum atomic E-state index is 5.49. The van der Waals surface area contributed by atoms with Crippen molar-refractivity contribution >= 4 is 5.95 Å². The van der Waals surface area contributed by atoms with Crippen molar-refractivity contribution in [3.05, 3.63) is 5.82 Å². The van der Waals surface area contributed by atoms with E-state index in [9.17, 15) is 0 Å². The van der Waals surface area contributed by atoms with Crippen molar-refractivity contribution in [3.8, 4) is 0 Å². The normalized spacial score (nSPS) is 17.5. The average Bonchev–Trinajstić information content (AvgIpc) is 2.60. The van der Waals surface area contributed by atoms with E-state index in [4.69, 9.17) is 4.74 Å². The maximum absolute atomic E-state index is 5.49. The van der Waals surface area contributed by atoms with Crippen LogP contribution in [0.1, 0.15) is 26.1 Å². The molecule has 1 aromatic rings. The van der Waals surface area contributed by atoms with E-state index in [2.05, 4.69) is 25.4 Å². The molecule has 1 saturated heterocycles. The Hall–Kier alpha value is -1.14. The SMILES string of the molecule is CC(C)OCc1nc(N2CCCNCC2)n[nH]1. The van der Waals surface area contributed by atoms with Gasteiger partial charge in [0, 0.05) is 19.6 Å². The number of hydrogen-bond acceptors (Lipinski definition) is 5. The Labute approximate surface area is 102 Å². The van der Waals surface area contributed by atoms with Gasteiger partial charge in [0.1, 0.15) is 6.61 Å². The zero-order valence-corrected chi connectivity index (χ0v) is 10.6. The molecule has 0 amide bonds. The average molecular weight is 239 g/mol. The van der Waals surface area contributed by atoms with Gasteiger partial charge in [-0.2, -0.15) is 4.98 Å². The zero-order valence-electron chi connectivity index (χ0n) is 10.6. The van der Waals surface area contributed by atoms with E-state index >= 15 is 0 Å². The number of nitrogens with one attached hydrogen (secondary N) is 2. The van der Waals surface area contributed by atoms with Crippen LogP contribution in [0.4, 0.5) is 5.95 Å². The van der Waals surface area contributed by atoms with E-state index in [-0.39, 0.29) is 6.10 Å². The molecule has 0 radical (unpaired) electrons. The van der Waals surface area contributed by atoms with Gasteiger partial charge in [0.15, 0.2) is 5.82 Å². The molecule has 0 aliphatic carbocycles. The summed E-state index contributed by atoms with van der Waals surface area (Å²) in [7, 11) is 0. The quantitative estimate of drug-likeness (QED) is 0.802. The lowest BCUT2D eigenvalue weighted by Crippen LogP contribution is -2.28. The van der Waals surface area contributed by atoms with Crippen molar-refractivity contribution < 1.29 is 4.74 Å². The van der Waals surface area contributed by atoms with Gasteiger partial charge in [-0.25, -0.2) is 0 Å². The summed E-state index contributed by atoms with van der Waals surface area (Å²) in [6, 6.07) is 0. The van der Waals surface area contributed by atoms with Crippen LogP contribution in [0, 0.1) is 0 Å². The molecule has 2 rings (SSSR count). The minimum absolute atomic E-state index is 0.214. The van der Waals surface area contributed by atoms with Crippen molar-refractivity contribution in [2.24, 2.45) is 0 Å². The first-order chi connectivity index (χ1) is 8.25. The van der Waals surface area contributed by atoms with Crippen LogP contribution < -0.4 is 10.2 Å². The van der Waals surface area contributed by atoms with Crippen LogP contribution in [-0.4, -0.2) is 47.5 Å². The topological polar surface area (TPSA) is 66.1 Å². The predicted octanol–water partition coefficient (Wildman–Crippen LogP) is 0.529. The van der Waals surface area contributed by atoms with Crippen molar-refractivity contribution in [1.29, 1.82) is 0 Å². The number of hydrogen-bond donors (Lipinski definition) is 2. The lowest BCUT2D eigenvalue weighted by atomic mass is 10.4. The minimum atomic E-state index is 0.214. The van der Waals surface area contributed by atoms with Crippen molar-refractivity contribution in [1.82, 2.24) is 20.5 Å². The van der Waals surface area contributed by atoms with Gasteiger partial charge in [0.05, 0.1) is 6.10 Å². The van der Waals surface area contributed by atoms with Gasteiger partial charge < -0.3 is 15.0 Å². The first-order valence-corrected chi connectivity index (χ1v) is 6.24. The molecular weight excluding hydrogens is 218 g/mol. The van der Waals surface area contributed by atoms with Gasteiger partial charge in [-0.05, 0) is 26.8 Å². The fourth-order valence-corrected chi connectivity index (χ4v) is 1.78. The van der Waals surface area contributed by atoms with Crippen LogP contribution in [0.2, 0.25) is 0 Å². The molecule has 96 valence electrons. The summed E-state index contributed by atoms with van der Waals surface area (Å²) in [5, 5.41) is 10.5. The Kier molecular flexibility index (Phi) is 4.33. The van der Waals surface area contributed by atoms with E-state index in [0.717, 1.165) is 44.4 Å². The molecule has 0 unspecified atom stereocenters. The Morgan fingerprint density at radius 2 is 2.24 bits per heavy atom. The second-order valence-corrected chi connectivity index (χ2v) is 4.53. The highest BCUT2D eigenvalue weighted by Gasteiger charge is 2.14. The molecule has 0 atom stereocenters. The van der Waals surface area contributed by atoms with E-state index in [1.165, 1.54) is 0 Å². The molecule has 1 fully saturated rings. The van der Waals surface area contributed by atoms with Crippen LogP contribution in [0.3, 0.4) is 0 Å². The highest BCUT2D eigenvalue weighted by molar-refractivity contribution is 5.28. The highest BCUT2D eigenvalue weighted by atomic mass is 16.5. The van der Waals surface area contributed by atoms with Crippen molar-refractivity contribution in [2.45, 2.75) is 33.0 Å². The summed E-state index contributed by atoms with van der Waals surface area (Å²) in [6.07, 6.45) is 1.35. The molecule has 6 heteroatoms. The van der Waals surface area contributed by atoms with Gasteiger partial charge in [-0.3, -0.25) is 5.10 Å². The maximum Gasteiger partial charge on any atom is 0.244 e. The second-order valence-electron chi connectivity index (χ2n) is 4.53. The molecule has 2 N–H and O–H groups in total. The summed E-state index contributed by atoms with van der Waals surface area (Å²) < 4.78 is 5.49. The summed E-state index contributed by atoms with van der Waals surface area (Å²) in [6.45, 7) is 8.56. The first-order valence-electron chi connectivity index (χ1n) is 6.24. The van der Waals surface area contributed by atoms with Crippen LogP contribution in [0.5, 0.6) is 0 Å². The van der Waals surface area contributed by atoms with Gasteiger partial charge in [0.2, 0.25) is 5.95 Å². The molecule has 0 bridgehead atoms. The summed E-state index contributed by atoms with van der Waals surface area (Å²) in [5.74, 6) is 1.59. The predicted molar refractivity (Wildman–Crippen MR) is 66.0 cm³/mol. The Morgan fingerprint density at radius 1 is 1.35 bits per heavy atom. The van der Waals surface area contributed by atoms with E-state index in [1.807, 2.05) is 13.8 Å². The largest absolute Gasteiger partial charge is 0.371 e. The highest BCUT2D eigenvalue weighted by Crippen LogP contribution is 2.09. The molecule has 0 saturated carbocycles. The third-order valence-corrected chi connectivity index (χ3v) is 2.70. The Bertz CT molecular complexity index is 330. The van der Waals surface area contributed by atoms with Crippen LogP contribution >= 0.6 is 0 Å². The van der Waals surface area contributed by atoms with Crippen molar-refractivity contribution in [3.63, 3.8) is 0 Å². The van der Waals surface area contributed by atoms with E-state index in [0.29, 0.717) is 6.61 Å². The monoisotopic (exact) mass is 239 g/mol. The first kappa shape index (κ1) is 12.3. The van der Waals surface area contributed by atoms with Gasteiger partial charge in [0.25, 0.3) is 0 Å². The molecule has 1 aliphatic heterocycles. The summed E-state index contributed by atoms with van der Waals surface area (Å²) in [5.41, 5.74) is 0. The smallest absolute Gasteiger partial charge is 0.244 e. The van der Waals surface area contributed by atoms with Gasteiger partial charge in [-0.1, -0.05) is 0 Å². The summed E-state index contributed by atoms with van der Waals surface area (Å²) in [4.78, 5) is 6.66. The fraction of sp³-hybridized carbons (Fsp3) is 0.818. The number of nitrogens with zero attached hydrogens (tertiary/aromatic N) is 3. The Morgan fingerprint density at radius 3 is 3.06 bits per heavy atom. The summed E-state index contributed by atoms with van der Waals surface area (Å²) >= 11 is 0. The number of anilines is 1. The molecule has 1 aliphatic rings. The molecule has 6 nitrogen and oxygen atoms in total. The second kappa shape index (κ2) is 5.97. The number of aromatic nitrogens is 3. The van der Waals surface area contributed by atoms with Crippen LogP contribution in [0.25, 0.3) is 0 Å². The van der Waals surface area contributed by atoms with Gasteiger partial charge in [-0.15, -0.1) is 5.10 Å². The molecule has 17 heavy (non-hydrogen) atoms. The third-order valence-electron chi connectivity index (χ3n) is 2.70. The van der Waals surface area contributed by atoms with E-state index < -0.39 is 0 Å². The molecular formula is C11H21N5O. The van der Waals surface area contributed by atoms with E-state index in [1.54, 1.807) is 0 Å². The zero-order chi connectivity index (χ0) is 12.1. The lowest BCUT2D eigenvalue weighted by Gasteiger charge is -2.16.